The van der Waals surface area contributed by atoms with Gasteiger partial charge in [-0.3, -0.25) is 9.36 Å². The monoisotopic (exact) mass is 355 g/mol. The number of carbonyl (C=O) groups excluding carboxylic acids is 1. The molecule has 6 heteroatoms. The van der Waals surface area contributed by atoms with Crippen LogP contribution in [0.1, 0.15) is 26.3 Å². The molecule has 1 aromatic carbocycles. The van der Waals surface area contributed by atoms with E-state index in [4.69, 9.17) is 4.42 Å². The van der Waals surface area contributed by atoms with Crippen molar-refractivity contribution in [2.24, 2.45) is 5.41 Å². The molecule has 0 saturated carbocycles. The lowest BCUT2D eigenvalue weighted by atomic mass is 9.92. The van der Waals surface area contributed by atoms with Gasteiger partial charge in [0.05, 0.1) is 18.6 Å². The minimum atomic E-state index is -0.360. The molecule has 0 fully saturated rings. The van der Waals surface area contributed by atoms with Crippen molar-refractivity contribution in [3.63, 3.8) is 0 Å². The number of Topliss-reactive ketones (excluding diaryl/α,β-unsaturated/α-hetero) is 1. The summed E-state index contributed by atoms with van der Waals surface area (Å²) in [6, 6.07) is 13.8. The molecule has 0 aliphatic carbocycles. The summed E-state index contributed by atoms with van der Waals surface area (Å²) in [6.07, 6.45) is 1.62. The van der Waals surface area contributed by atoms with Gasteiger partial charge in [-0.1, -0.05) is 62.9 Å². The zero-order chi connectivity index (χ0) is 17.9. The molecule has 0 radical (unpaired) electrons. The zero-order valence-corrected chi connectivity index (χ0v) is 15.4. The van der Waals surface area contributed by atoms with Crippen molar-refractivity contribution in [3.8, 4) is 11.6 Å². The summed E-state index contributed by atoms with van der Waals surface area (Å²) in [4.78, 5) is 12.2. The molecule has 3 aromatic rings. The van der Waals surface area contributed by atoms with Gasteiger partial charge in [-0.15, -0.1) is 10.2 Å². The summed E-state index contributed by atoms with van der Waals surface area (Å²) in [6.45, 7) is 6.41. The van der Waals surface area contributed by atoms with Crippen LogP contribution in [0.4, 0.5) is 0 Å². The molecule has 0 unspecified atom stereocenters. The topological polar surface area (TPSA) is 60.9 Å². The molecule has 3 rings (SSSR count). The number of aromatic nitrogens is 3. The van der Waals surface area contributed by atoms with Gasteiger partial charge in [0, 0.05) is 5.41 Å². The minimum absolute atomic E-state index is 0.186. The maximum atomic E-state index is 12.2. The highest BCUT2D eigenvalue weighted by molar-refractivity contribution is 7.99. The highest BCUT2D eigenvalue weighted by Gasteiger charge is 2.23. The number of ketones is 1. The summed E-state index contributed by atoms with van der Waals surface area (Å²) in [5.74, 6) is 1.89. The first-order valence-electron chi connectivity index (χ1n) is 8.12. The largest absolute Gasteiger partial charge is 0.461 e. The van der Waals surface area contributed by atoms with Crippen LogP contribution in [0, 0.1) is 5.41 Å². The number of hydrogen-bond acceptors (Lipinski definition) is 5. The molecule has 0 atom stereocenters. The van der Waals surface area contributed by atoms with E-state index in [1.54, 1.807) is 6.26 Å². The number of carbonyl (C=O) groups is 1. The van der Waals surface area contributed by atoms with E-state index >= 15 is 0 Å². The van der Waals surface area contributed by atoms with Gasteiger partial charge < -0.3 is 4.42 Å². The number of furan rings is 1. The molecule has 0 aliphatic heterocycles. The Kier molecular flexibility index (Phi) is 5.08. The van der Waals surface area contributed by atoms with Crippen LogP contribution in [0.15, 0.2) is 58.3 Å². The highest BCUT2D eigenvalue weighted by atomic mass is 32.2. The summed E-state index contributed by atoms with van der Waals surface area (Å²) in [7, 11) is 0. The van der Waals surface area contributed by atoms with Crippen LogP contribution in [0.5, 0.6) is 0 Å². The van der Waals surface area contributed by atoms with E-state index in [0.717, 1.165) is 5.56 Å². The zero-order valence-electron chi connectivity index (χ0n) is 14.6. The van der Waals surface area contributed by atoms with Crippen molar-refractivity contribution < 1.29 is 9.21 Å². The summed E-state index contributed by atoms with van der Waals surface area (Å²) >= 11 is 1.42. The fourth-order valence-electron chi connectivity index (χ4n) is 2.24. The van der Waals surface area contributed by atoms with Gasteiger partial charge in [0.25, 0.3) is 0 Å². The Hall–Kier alpha value is -2.34. The first kappa shape index (κ1) is 17.5. The molecular formula is C19H21N3O2S. The third-order valence-electron chi connectivity index (χ3n) is 3.81. The molecular weight excluding hydrogens is 334 g/mol. The van der Waals surface area contributed by atoms with Crippen molar-refractivity contribution in [1.29, 1.82) is 0 Å². The van der Waals surface area contributed by atoms with Crippen LogP contribution in [-0.2, 0) is 11.3 Å². The van der Waals surface area contributed by atoms with Crippen molar-refractivity contribution in [2.45, 2.75) is 32.5 Å². The minimum Gasteiger partial charge on any atom is -0.461 e. The SMILES string of the molecule is CC(C)(C)C(=O)CSc1nnc(-c2ccco2)n1Cc1ccccc1. The van der Waals surface area contributed by atoms with Crippen LogP contribution in [-0.4, -0.2) is 26.3 Å². The Morgan fingerprint density at radius 1 is 1.12 bits per heavy atom. The highest BCUT2D eigenvalue weighted by Crippen LogP contribution is 2.27. The van der Waals surface area contributed by atoms with Crippen LogP contribution < -0.4 is 0 Å². The number of hydrogen-bond donors (Lipinski definition) is 0. The molecule has 0 N–H and O–H groups in total. The Balaban J connectivity index is 1.89. The average Bonchev–Trinajstić information content (AvgIpc) is 3.22. The maximum Gasteiger partial charge on any atom is 0.200 e. The molecule has 0 bridgehead atoms. The Bertz CT molecular complexity index is 833. The van der Waals surface area contributed by atoms with Crippen LogP contribution in [0.25, 0.3) is 11.6 Å². The van der Waals surface area contributed by atoms with Crippen molar-refractivity contribution in [3.05, 3.63) is 54.3 Å². The Morgan fingerprint density at radius 2 is 1.88 bits per heavy atom. The van der Waals surface area contributed by atoms with Crippen molar-refractivity contribution in [1.82, 2.24) is 14.8 Å². The standard InChI is InChI=1S/C19H21N3O2S/c1-19(2,3)16(23)13-25-18-21-20-17(15-10-7-11-24-15)22(18)12-14-8-5-4-6-9-14/h4-11H,12-13H2,1-3H3. The van der Waals surface area contributed by atoms with E-state index in [1.807, 2.05) is 55.7 Å². The first-order chi connectivity index (χ1) is 11.9. The van der Waals surface area contributed by atoms with E-state index in [-0.39, 0.29) is 11.2 Å². The van der Waals surface area contributed by atoms with E-state index in [0.29, 0.717) is 29.0 Å². The third-order valence-corrected chi connectivity index (χ3v) is 4.78. The van der Waals surface area contributed by atoms with Gasteiger partial charge in [0.15, 0.2) is 10.9 Å². The van der Waals surface area contributed by atoms with E-state index in [9.17, 15) is 4.79 Å². The molecule has 0 amide bonds. The predicted octanol–water partition coefficient (Wildman–Crippen LogP) is 4.29. The molecule has 0 aliphatic rings. The molecule has 5 nitrogen and oxygen atoms in total. The second kappa shape index (κ2) is 7.27. The number of benzene rings is 1. The summed E-state index contributed by atoms with van der Waals surface area (Å²) in [5.41, 5.74) is 0.778. The molecule has 130 valence electrons. The molecule has 0 saturated heterocycles. The normalized spacial score (nSPS) is 11.6. The smallest absolute Gasteiger partial charge is 0.200 e. The fourth-order valence-corrected chi connectivity index (χ4v) is 3.34. The quantitative estimate of drug-likeness (QED) is 0.617. The summed E-state index contributed by atoms with van der Waals surface area (Å²) < 4.78 is 7.49. The third kappa shape index (κ3) is 4.20. The fraction of sp³-hybridized carbons (Fsp3) is 0.316. The lowest BCUT2D eigenvalue weighted by Crippen LogP contribution is -2.22. The maximum absolute atomic E-state index is 12.2. The van der Waals surface area contributed by atoms with Crippen LogP contribution >= 0.6 is 11.8 Å². The van der Waals surface area contributed by atoms with Gasteiger partial charge in [0.1, 0.15) is 5.78 Å². The van der Waals surface area contributed by atoms with Gasteiger partial charge in [0.2, 0.25) is 5.82 Å². The average molecular weight is 355 g/mol. The van der Waals surface area contributed by atoms with Crippen molar-refractivity contribution in [2.75, 3.05) is 5.75 Å². The van der Waals surface area contributed by atoms with Gasteiger partial charge >= 0.3 is 0 Å². The van der Waals surface area contributed by atoms with Gasteiger partial charge in [-0.25, -0.2) is 0 Å². The van der Waals surface area contributed by atoms with Crippen LogP contribution in [0.2, 0.25) is 0 Å². The Morgan fingerprint density at radius 3 is 2.52 bits per heavy atom. The second-order valence-electron chi connectivity index (χ2n) is 6.82. The van der Waals surface area contributed by atoms with Crippen molar-refractivity contribution >= 4 is 17.5 Å². The number of nitrogens with zero attached hydrogens (tertiary/aromatic N) is 3. The van der Waals surface area contributed by atoms with E-state index in [1.165, 1.54) is 11.8 Å². The van der Waals surface area contributed by atoms with E-state index in [2.05, 4.69) is 22.3 Å². The van der Waals surface area contributed by atoms with Gasteiger partial charge in [-0.2, -0.15) is 0 Å². The number of thioether (sulfide) groups is 1. The molecule has 0 spiro atoms. The lowest BCUT2D eigenvalue weighted by molar-refractivity contribution is -0.123. The molecule has 2 heterocycles. The second-order valence-corrected chi connectivity index (χ2v) is 7.76. The van der Waals surface area contributed by atoms with Gasteiger partial charge in [-0.05, 0) is 17.7 Å². The number of rotatable bonds is 6. The molecule has 25 heavy (non-hydrogen) atoms. The van der Waals surface area contributed by atoms with E-state index < -0.39 is 0 Å². The first-order valence-corrected chi connectivity index (χ1v) is 9.11. The molecule has 2 aromatic heterocycles. The Labute approximate surface area is 151 Å². The summed E-state index contributed by atoms with van der Waals surface area (Å²) in [5, 5.41) is 9.28. The predicted molar refractivity (Wildman–Crippen MR) is 98.5 cm³/mol. The van der Waals surface area contributed by atoms with Crippen LogP contribution in [0.3, 0.4) is 0 Å². The lowest BCUT2D eigenvalue weighted by Gasteiger charge is -2.16.